The summed E-state index contributed by atoms with van der Waals surface area (Å²) in [6, 6.07) is 3.82. The van der Waals surface area contributed by atoms with E-state index in [4.69, 9.17) is 9.84 Å². The molecule has 1 heterocycles. The Kier molecular flexibility index (Phi) is 5.66. The monoisotopic (exact) mass is 236 g/mol. The van der Waals surface area contributed by atoms with Crippen LogP contribution in [0.4, 0.5) is 5.82 Å². The number of pyridine rings is 1. The zero-order chi connectivity index (χ0) is 12.7. The number of aryl methyl sites for hydroxylation is 1. The molecule has 0 unspecified atom stereocenters. The zero-order valence-corrected chi connectivity index (χ0v) is 10.5. The van der Waals surface area contributed by atoms with E-state index in [0.29, 0.717) is 6.61 Å². The first kappa shape index (κ1) is 13.7. The molecule has 0 aliphatic rings. The molecular formula is C13H20N2O2. The molecule has 0 saturated carbocycles. The average molecular weight is 236 g/mol. The predicted molar refractivity (Wildman–Crippen MR) is 69.2 cm³/mol. The molecule has 1 rings (SSSR count). The van der Waals surface area contributed by atoms with E-state index in [0.717, 1.165) is 30.2 Å². The predicted octanol–water partition coefficient (Wildman–Crippen LogP) is 1.52. The number of anilines is 1. The van der Waals surface area contributed by atoms with E-state index in [1.807, 2.05) is 25.1 Å². The van der Waals surface area contributed by atoms with E-state index in [2.05, 4.69) is 16.5 Å². The molecular weight excluding hydrogens is 216 g/mol. The van der Waals surface area contributed by atoms with Crippen molar-refractivity contribution in [2.45, 2.75) is 13.5 Å². The summed E-state index contributed by atoms with van der Waals surface area (Å²) in [5, 5.41) is 9.10. The number of aliphatic hydroxyl groups excluding tert-OH is 1. The van der Waals surface area contributed by atoms with E-state index in [-0.39, 0.29) is 6.61 Å². The third-order valence-corrected chi connectivity index (χ3v) is 2.59. The van der Waals surface area contributed by atoms with Gasteiger partial charge in [0.05, 0.1) is 13.2 Å². The number of hydrogen-bond donors (Lipinski definition) is 1. The number of ether oxygens (including phenoxy) is 1. The minimum Gasteiger partial charge on any atom is -0.392 e. The molecule has 0 bridgehead atoms. The molecule has 0 fully saturated rings. The van der Waals surface area contributed by atoms with Crippen LogP contribution < -0.4 is 4.90 Å². The maximum atomic E-state index is 9.10. The summed E-state index contributed by atoms with van der Waals surface area (Å²) in [6.45, 7) is 7.82. The van der Waals surface area contributed by atoms with Gasteiger partial charge in [-0.05, 0) is 18.6 Å². The summed E-state index contributed by atoms with van der Waals surface area (Å²) >= 11 is 0. The lowest BCUT2D eigenvalue weighted by molar-refractivity contribution is 0.205. The van der Waals surface area contributed by atoms with Gasteiger partial charge in [0.1, 0.15) is 5.82 Å². The van der Waals surface area contributed by atoms with E-state index in [1.54, 1.807) is 7.11 Å². The van der Waals surface area contributed by atoms with Gasteiger partial charge in [0.2, 0.25) is 0 Å². The standard InChI is InChI=1S/C13H20N2O2/c1-4-7-15(8-9-17-3)13-6-5-12(10-16)11(2)14-13/h4-6,16H,1,7-10H2,2-3H3. The van der Waals surface area contributed by atoms with Crippen LogP contribution in [-0.4, -0.2) is 36.9 Å². The van der Waals surface area contributed by atoms with E-state index in [9.17, 15) is 0 Å². The SMILES string of the molecule is C=CCN(CCOC)c1ccc(CO)c(C)n1. The molecule has 0 radical (unpaired) electrons. The normalized spacial score (nSPS) is 10.3. The molecule has 4 nitrogen and oxygen atoms in total. The van der Waals surface area contributed by atoms with Gasteiger partial charge in [-0.25, -0.2) is 4.98 Å². The van der Waals surface area contributed by atoms with Crippen LogP contribution in [0.1, 0.15) is 11.3 Å². The lowest BCUT2D eigenvalue weighted by Crippen LogP contribution is -2.28. The summed E-state index contributed by atoms with van der Waals surface area (Å²) in [7, 11) is 1.68. The molecule has 0 spiro atoms. The topological polar surface area (TPSA) is 45.6 Å². The average Bonchev–Trinajstić information content (AvgIpc) is 2.34. The Hall–Kier alpha value is -1.39. The zero-order valence-electron chi connectivity index (χ0n) is 10.5. The van der Waals surface area contributed by atoms with Gasteiger partial charge in [-0.3, -0.25) is 0 Å². The van der Waals surface area contributed by atoms with Gasteiger partial charge >= 0.3 is 0 Å². The van der Waals surface area contributed by atoms with Crippen LogP contribution in [0.25, 0.3) is 0 Å². The quantitative estimate of drug-likeness (QED) is 0.729. The Labute approximate surface area is 103 Å². The number of methoxy groups -OCH3 is 1. The number of aromatic nitrogens is 1. The summed E-state index contributed by atoms with van der Waals surface area (Å²) in [4.78, 5) is 6.57. The molecule has 4 heteroatoms. The minimum atomic E-state index is 0.0264. The van der Waals surface area contributed by atoms with E-state index < -0.39 is 0 Å². The first-order valence-corrected chi connectivity index (χ1v) is 5.65. The van der Waals surface area contributed by atoms with Crippen molar-refractivity contribution in [3.8, 4) is 0 Å². The van der Waals surface area contributed by atoms with E-state index >= 15 is 0 Å². The van der Waals surface area contributed by atoms with Crippen molar-refractivity contribution in [2.24, 2.45) is 0 Å². The van der Waals surface area contributed by atoms with Gasteiger partial charge in [-0.1, -0.05) is 12.1 Å². The maximum Gasteiger partial charge on any atom is 0.129 e. The van der Waals surface area contributed by atoms with E-state index in [1.165, 1.54) is 0 Å². The van der Waals surface area contributed by atoms with Crippen LogP contribution in [-0.2, 0) is 11.3 Å². The van der Waals surface area contributed by atoms with Gasteiger partial charge in [0.15, 0.2) is 0 Å². The van der Waals surface area contributed by atoms with Crippen molar-refractivity contribution < 1.29 is 9.84 Å². The largest absolute Gasteiger partial charge is 0.392 e. The van der Waals surface area contributed by atoms with Crippen LogP contribution in [0.5, 0.6) is 0 Å². The number of rotatable bonds is 7. The Morgan fingerprint density at radius 3 is 2.82 bits per heavy atom. The lowest BCUT2D eigenvalue weighted by atomic mass is 10.2. The molecule has 0 aromatic carbocycles. The smallest absolute Gasteiger partial charge is 0.129 e. The highest BCUT2D eigenvalue weighted by atomic mass is 16.5. The highest BCUT2D eigenvalue weighted by Crippen LogP contribution is 2.14. The fourth-order valence-electron chi connectivity index (χ4n) is 1.58. The Bertz CT molecular complexity index is 366. The second kappa shape index (κ2) is 7.04. The minimum absolute atomic E-state index is 0.0264. The van der Waals surface area contributed by atoms with Crippen LogP contribution in [0.3, 0.4) is 0 Å². The maximum absolute atomic E-state index is 9.10. The van der Waals surface area contributed by atoms with Crippen LogP contribution in [0.15, 0.2) is 24.8 Å². The fraction of sp³-hybridized carbons (Fsp3) is 0.462. The van der Waals surface area contributed by atoms with Crippen molar-refractivity contribution in [3.63, 3.8) is 0 Å². The third kappa shape index (κ3) is 3.84. The molecule has 0 saturated heterocycles. The Balaban J connectivity index is 2.85. The van der Waals surface area contributed by atoms with Crippen LogP contribution in [0, 0.1) is 6.92 Å². The highest BCUT2D eigenvalue weighted by Gasteiger charge is 2.07. The van der Waals surface area contributed by atoms with Crippen molar-refractivity contribution in [1.29, 1.82) is 0 Å². The van der Waals surface area contributed by atoms with Crippen molar-refractivity contribution >= 4 is 5.82 Å². The van der Waals surface area contributed by atoms with Gasteiger partial charge in [0.25, 0.3) is 0 Å². The van der Waals surface area contributed by atoms with Crippen molar-refractivity contribution in [2.75, 3.05) is 31.7 Å². The molecule has 0 amide bonds. The van der Waals surface area contributed by atoms with Gasteiger partial charge in [-0.15, -0.1) is 6.58 Å². The third-order valence-electron chi connectivity index (χ3n) is 2.59. The highest BCUT2D eigenvalue weighted by molar-refractivity contribution is 5.42. The summed E-state index contributed by atoms with van der Waals surface area (Å²) in [5.41, 5.74) is 1.72. The Morgan fingerprint density at radius 2 is 2.29 bits per heavy atom. The molecule has 0 aliphatic heterocycles. The second-order valence-corrected chi connectivity index (χ2v) is 3.80. The number of aliphatic hydroxyl groups is 1. The number of nitrogens with zero attached hydrogens (tertiary/aromatic N) is 2. The van der Waals surface area contributed by atoms with Crippen molar-refractivity contribution in [1.82, 2.24) is 4.98 Å². The fourth-order valence-corrected chi connectivity index (χ4v) is 1.58. The summed E-state index contributed by atoms with van der Waals surface area (Å²) in [6.07, 6.45) is 1.84. The van der Waals surface area contributed by atoms with Gasteiger partial charge in [0, 0.05) is 25.9 Å². The van der Waals surface area contributed by atoms with Crippen molar-refractivity contribution in [3.05, 3.63) is 36.0 Å². The molecule has 1 aromatic heterocycles. The Morgan fingerprint density at radius 1 is 1.53 bits per heavy atom. The molecule has 1 N–H and O–H groups in total. The molecule has 1 aromatic rings. The first-order valence-electron chi connectivity index (χ1n) is 5.65. The van der Waals surface area contributed by atoms with Gasteiger partial charge < -0.3 is 14.7 Å². The molecule has 0 aliphatic carbocycles. The lowest BCUT2D eigenvalue weighted by Gasteiger charge is -2.22. The molecule has 94 valence electrons. The number of hydrogen-bond acceptors (Lipinski definition) is 4. The van der Waals surface area contributed by atoms with Gasteiger partial charge in [-0.2, -0.15) is 0 Å². The second-order valence-electron chi connectivity index (χ2n) is 3.80. The molecule has 17 heavy (non-hydrogen) atoms. The summed E-state index contributed by atoms with van der Waals surface area (Å²) < 4.78 is 5.07. The molecule has 0 atom stereocenters. The first-order chi connectivity index (χ1) is 8.22. The van der Waals surface area contributed by atoms with Crippen LogP contribution in [0.2, 0.25) is 0 Å². The van der Waals surface area contributed by atoms with Crippen LogP contribution >= 0.6 is 0 Å². The summed E-state index contributed by atoms with van der Waals surface area (Å²) in [5.74, 6) is 0.886.